The van der Waals surface area contributed by atoms with Crippen LogP contribution in [0.3, 0.4) is 0 Å². The Labute approximate surface area is 324 Å². The zero-order valence-corrected chi connectivity index (χ0v) is 32.5. The van der Waals surface area contributed by atoms with Gasteiger partial charge in [-0.3, -0.25) is 19.1 Å². The summed E-state index contributed by atoms with van der Waals surface area (Å²) >= 11 is 6.73. The maximum absolute atomic E-state index is 14.2. The molecule has 6 N–H and O–H groups in total. The lowest BCUT2D eigenvalue weighted by molar-refractivity contribution is -0.137. The average molecular weight is 856 g/mol. The molecule has 2 aromatic heterocycles. The fourth-order valence-electron chi connectivity index (χ4n) is 7.17. The van der Waals surface area contributed by atoms with E-state index in [0.717, 1.165) is 16.7 Å². The molecule has 2 aliphatic heterocycles. The van der Waals surface area contributed by atoms with Crippen molar-refractivity contribution in [3.8, 4) is 5.75 Å². The quantitative estimate of drug-likeness (QED) is 0.133. The second-order valence-electron chi connectivity index (χ2n) is 13.5. The van der Waals surface area contributed by atoms with E-state index in [0.29, 0.717) is 92.4 Å². The van der Waals surface area contributed by atoms with Gasteiger partial charge in [-0.1, -0.05) is 12.1 Å². The highest BCUT2D eigenvalue weighted by atomic mass is 79.9. The van der Waals surface area contributed by atoms with Crippen LogP contribution in [0, 0.1) is 0 Å². The lowest BCUT2D eigenvalue weighted by Crippen LogP contribution is -2.59. The number of H-pyrrole nitrogens is 1. The van der Waals surface area contributed by atoms with Crippen molar-refractivity contribution in [2.24, 2.45) is 5.73 Å². The zero-order chi connectivity index (χ0) is 37.5. The van der Waals surface area contributed by atoms with Gasteiger partial charge in [-0.15, -0.1) is 0 Å². The fourth-order valence-corrected chi connectivity index (χ4v) is 8.45. The normalized spacial score (nSPS) is 16.4. The molecular weight excluding hydrogens is 810 g/mol. The van der Waals surface area contributed by atoms with E-state index in [-0.39, 0.29) is 29.8 Å². The van der Waals surface area contributed by atoms with Gasteiger partial charge in [-0.2, -0.15) is 0 Å². The Balaban J connectivity index is 1.15. The molecule has 0 spiro atoms. The predicted octanol–water partition coefficient (Wildman–Crippen LogP) is 3.88. The first-order valence-electron chi connectivity index (χ1n) is 18.0. The van der Waals surface area contributed by atoms with Crippen molar-refractivity contribution >= 4 is 66.4 Å². The number of nitrogens with zero attached hydrogens (tertiary/aromatic N) is 5. The molecule has 0 saturated carbocycles. The molecule has 2 aliphatic rings. The number of fused-ring (bicyclic) bond motifs is 1. The van der Waals surface area contributed by atoms with Crippen LogP contribution in [-0.4, -0.2) is 105 Å². The first-order chi connectivity index (χ1) is 25.6. The van der Waals surface area contributed by atoms with Crippen molar-refractivity contribution in [1.82, 2.24) is 35.0 Å². The molecular formula is C37H45Br2N9O5. The monoisotopic (exact) mass is 853 g/mol. The van der Waals surface area contributed by atoms with Crippen LogP contribution in [0.2, 0.25) is 0 Å². The minimum absolute atomic E-state index is 0.0190. The lowest BCUT2D eigenvalue weighted by Gasteiger charge is -2.38. The van der Waals surface area contributed by atoms with Crippen molar-refractivity contribution in [2.75, 3.05) is 50.7 Å². The van der Waals surface area contributed by atoms with Crippen molar-refractivity contribution in [3.63, 3.8) is 0 Å². The summed E-state index contributed by atoms with van der Waals surface area (Å²) in [4.78, 5) is 67.4. The number of rotatable bonds is 12. The number of unbranched alkanes of at least 4 members (excludes halogenated alkanes) is 1. The molecule has 4 amide bonds. The van der Waals surface area contributed by atoms with Gasteiger partial charge in [0.15, 0.2) is 0 Å². The molecule has 14 nitrogen and oxygen atoms in total. The summed E-state index contributed by atoms with van der Waals surface area (Å²) in [5, 5.41) is 16.3. The predicted molar refractivity (Wildman–Crippen MR) is 210 cm³/mol. The van der Waals surface area contributed by atoms with Crippen molar-refractivity contribution in [1.29, 1.82) is 0 Å². The number of carbonyl (C=O) groups excluding carboxylic acids is 3. The molecule has 2 saturated heterocycles. The average Bonchev–Trinajstić information content (AvgIpc) is 3.52. The number of aromatic nitrogens is 3. The molecule has 2 fully saturated rings. The number of phenols is 1. The number of hydrogen-bond acceptors (Lipinski definition) is 8. The molecule has 0 bridgehead atoms. The minimum atomic E-state index is -1.03. The van der Waals surface area contributed by atoms with E-state index in [9.17, 15) is 24.3 Å². The number of aromatic amines is 1. The molecule has 4 aromatic rings. The number of amides is 4. The number of likely N-dealkylation sites (tertiary alicyclic amines) is 1. The number of urea groups is 1. The first-order valence-corrected chi connectivity index (χ1v) is 19.6. The van der Waals surface area contributed by atoms with Crippen molar-refractivity contribution in [2.45, 2.75) is 56.7 Å². The Morgan fingerprint density at radius 2 is 1.58 bits per heavy atom. The van der Waals surface area contributed by atoms with Crippen LogP contribution in [0.4, 0.5) is 10.5 Å². The smallest absolute Gasteiger partial charge is 0.326 e. The van der Waals surface area contributed by atoms with Gasteiger partial charge in [-0.05, 0) is 112 Å². The summed E-state index contributed by atoms with van der Waals surface area (Å²) in [5.74, 6) is -0.634. The van der Waals surface area contributed by atoms with Crippen LogP contribution < -0.4 is 27.0 Å². The SMILES string of the molecule is NCCCC[C@@H](NC(=O)[C@H](Cc1cc(Br)c(O)c(Br)c1)NC(=O)N1CCC(n2c(=O)[nH]c3ccccc32)CC1)C(=O)N1CCN(c2ccncc2)CC1. The summed E-state index contributed by atoms with van der Waals surface area (Å²) in [6, 6.07) is 12.5. The molecule has 16 heteroatoms. The Morgan fingerprint density at radius 1 is 0.906 bits per heavy atom. The second kappa shape index (κ2) is 17.6. The van der Waals surface area contributed by atoms with E-state index in [1.807, 2.05) is 36.4 Å². The van der Waals surface area contributed by atoms with Crippen LogP contribution in [0.5, 0.6) is 5.75 Å². The van der Waals surface area contributed by atoms with Crippen molar-refractivity contribution in [3.05, 3.63) is 85.9 Å². The molecule has 53 heavy (non-hydrogen) atoms. The summed E-state index contributed by atoms with van der Waals surface area (Å²) < 4.78 is 2.63. The van der Waals surface area contributed by atoms with Crippen LogP contribution in [0.1, 0.15) is 43.7 Å². The van der Waals surface area contributed by atoms with Gasteiger partial charge in [0, 0.05) is 69.8 Å². The molecule has 6 rings (SSSR count). The number of hydrogen-bond donors (Lipinski definition) is 5. The summed E-state index contributed by atoms with van der Waals surface area (Å²) in [6.07, 6.45) is 6.48. The third-order valence-corrected chi connectivity index (χ3v) is 11.3. The number of nitrogens with two attached hydrogens (primary N) is 1. The Kier molecular flexibility index (Phi) is 12.7. The molecule has 4 heterocycles. The number of anilines is 1. The van der Waals surface area contributed by atoms with Gasteiger partial charge in [-0.25, -0.2) is 9.59 Å². The number of piperazine rings is 1. The maximum Gasteiger partial charge on any atom is 0.326 e. The first kappa shape index (κ1) is 38.3. The fraction of sp³-hybridized carbons (Fsp3) is 0.432. The number of halogens is 2. The van der Waals surface area contributed by atoms with E-state index >= 15 is 0 Å². The molecule has 0 radical (unpaired) electrons. The number of aromatic hydroxyl groups is 1. The number of pyridine rings is 1. The number of para-hydroxylation sites is 2. The second-order valence-corrected chi connectivity index (χ2v) is 15.2. The van der Waals surface area contributed by atoms with Crippen LogP contribution in [0.15, 0.2) is 74.7 Å². The van der Waals surface area contributed by atoms with Gasteiger partial charge in [0.25, 0.3) is 0 Å². The van der Waals surface area contributed by atoms with Gasteiger partial charge >= 0.3 is 11.7 Å². The Hall–Kier alpha value is -4.41. The van der Waals surface area contributed by atoms with E-state index in [4.69, 9.17) is 5.73 Å². The Morgan fingerprint density at radius 3 is 2.26 bits per heavy atom. The molecule has 2 aromatic carbocycles. The number of benzene rings is 2. The molecule has 0 aliphatic carbocycles. The van der Waals surface area contributed by atoms with Gasteiger partial charge in [0.2, 0.25) is 11.8 Å². The maximum atomic E-state index is 14.2. The summed E-state index contributed by atoms with van der Waals surface area (Å²) in [6.45, 7) is 3.54. The van der Waals surface area contributed by atoms with Crippen LogP contribution in [-0.2, 0) is 16.0 Å². The number of phenolic OH excluding ortho intramolecular Hbond substituents is 1. The third kappa shape index (κ3) is 9.22. The summed E-state index contributed by atoms with van der Waals surface area (Å²) in [7, 11) is 0. The Bertz CT molecular complexity index is 1930. The highest BCUT2D eigenvalue weighted by Crippen LogP contribution is 2.34. The lowest BCUT2D eigenvalue weighted by atomic mass is 10.0. The third-order valence-electron chi connectivity index (χ3n) is 10.1. The van der Waals surface area contributed by atoms with Gasteiger partial charge < -0.3 is 41.2 Å². The summed E-state index contributed by atoms with van der Waals surface area (Å²) in [5.41, 5.74) is 8.92. The van der Waals surface area contributed by atoms with Gasteiger partial charge in [0.1, 0.15) is 17.8 Å². The van der Waals surface area contributed by atoms with E-state index in [2.05, 4.69) is 57.4 Å². The van der Waals surface area contributed by atoms with E-state index < -0.39 is 24.0 Å². The topological polar surface area (TPSA) is 182 Å². The largest absolute Gasteiger partial charge is 0.506 e. The minimum Gasteiger partial charge on any atom is -0.506 e. The van der Waals surface area contributed by atoms with E-state index in [1.54, 1.807) is 38.9 Å². The van der Waals surface area contributed by atoms with E-state index in [1.165, 1.54) is 0 Å². The number of carbonyl (C=O) groups is 3. The number of nitrogens with one attached hydrogen (secondary N) is 3. The van der Waals surface area contributed by atoms with Crippen LogP contribution >= 0.6 is 31.9 Å². The number of piperidine rings is 1. The highest BCUT2D eigenvalue weighted by Gasteiger charge is 2.33. The number of imidazole rings is 1. The molecule has 0 unspecified atom stereocenters. The van der Waals surface area contributed by atoms with Gasteiger partial charge in [0.05, 0.1) is 20.0 Å². The molecule has 282 valence electrons. The zero-order valence-electron chi connectivity index (χ0n) is 29.3. The van der Waals surface area contributed by atoms with Crippen LogP contribution in [0.25, 0.3) is 11.0 Å². The highest BCUT2D eigenvalue weighted by molar-refractivity contribution is 9.11. The standard InChI is InChI=1S/C37H45Br2N9O5/c38-27-21-24(22-28(39)33(27)49)23-31(44-36(52)47-15-10-26(11-16-47)48-32-7-2-1-5-29(32)43-37(48)53)34(50)42-30(6-3-4-12-40)35(51)46-19-17-45(18-20-46)25-8-13-41-14-9-25/h1-2,5,7-9,13-14,21-22,26,30-31,49H,3-4,6,10-12,15-20,23,40H2,(H,42,50)(H,43,53)(H,44,52)/t30-,31+/m1/s1. The molecule has 2 atom stereocenters. The van der Waals surface area contributed by atoms with Crippen molar-refractivity contribution < 1.29 is 19.5 Å².